The number of hydrogen-bond donors (Lipinski definition) is 1. The first-order valence-electron chi connectivity index (χ1n) is 10.8. The first kappa shape index (κ1) is 22.0. The lowest BCUT2D eigenvalue weighted by atomic mass is 9.88. The molecular weight excluding hydrogens is 406 g/mol. The summed E-state index contributed by atoms with van der Waals surface area (Å²) in [7, 11) is 4.82. The third kappa shape index (κ3) is 3.98. The quantitative estimate of drug-likeness (QED) is 0.578. The number of rotatable bonds is 7. The molecule has 0 spiro atoms. The van der Waals surface area contributed by atoms with Crippen molar-refractivity contribution in [3.8, 4) is 17.2 Å². The van der Waals surface area contributed by atoms with Crippen molar-refractivity contribution in [2.45, 2.75) is 18.9 Å². The molecule has 0 bridgehead atoms. The third-order valence-corrected chi connectivity index (χ3v) is 6.31. The Morgan fingerprint density at radius 2 is 1.69 bits per heavy atom. The van der Waals surface area contributed by atoms with Crippen LogP contribution in [0.3, 0.4) is 0 Å². The highest BCUT2D eigenvalue weighted by Crippen LogP contribution is 2.46. The molecule has 4 rings (SSSR count). The molecule has 1 heterocycles. The maximum atomic E-state index is 11.8. The van der Waals surface area contributed by atoms with Crippen LogP contribution in [-0.2, 0) is 4.79 Å². The molecule has 3 aromatic carbocycles. The highest BCUT2D eigenvalue weighted by atomic mass is 16.5. The van der Waals surface area contributed by atoms with Gasteiger partial charge in [0.2, 0.25) is 5.75 Å². The van der Waals surface area contributed by atoms with Crippen molar-refractivity contribution >= 4 is 16.7 Å². The number of fused-ring (bicyclic) bond motifs is 1. The zero-order valence-corrected chi connectivity index (χ0v) is 18.7. The fourth-order valence-electron chi connectivity index (χ4n) is 4.83. The van der Waals surface area contributed by atoms with Crippen LogP contribution >= 0.6 is 0 Å². The van der Waals surface area contributed by atoms with Gasteiger partial charge < -0.3 is 19.3 Å². The van der Waals surface area contributed by atoms with Crippen LogP contribution in [0.15, 0.2) is 54.6 Å². The van der Waals surface area contributed by atoms with E-state index in [9.17, 15) is 9.90 Å². The molecule has 0 saturated carbocycles. The molecule has 1 aliphatic heterocycles. The van der Waals surface area contributed by atoms with Gasteiger partial charge in [0, 0.05) is 12.1 Å². The second-order valence-electron chi connectivity index (χ2n) is 8.07. The van der Waals surface area contributed by atoms with Gasteiger partial charge in [0.1, 0.15) is 0 Å². The SMILES string of the molecule is COc1ccc(C(c2cccc3ccccc23)N2CCCC(C(=O)O)C2)c(OC)c1OC. The highest BCUT2D eigenvalue weighted by molar-refractivity contribution is 5.86. The van der Waals surface area contributed by atoms with E-state index in [1.54, 1.807) is 21.3 Å². The van der Waals surface area contributed by atoms with Gasteiger partial charge in [-0.15, -0.1) is 0 Å². The Labute approximate surface area is 188 Å². The monoisotopic (exact) mass is 435 g/mol. The fraction of sp³-hybridized carbons (Fsp3) is 0.346. The van der Waals surface area contributed by atoms with Gasteiger partial charge in [-0.2, -0.15) is 0 Å². The minimum atomic E-state index is -0.745. The maximum absolute atomic E-state index is 11.8. The Kier molecular flexibility index (Phi) is 6.51. The average molecular weight is 436 g/mol. The molecule has 1 saturated heterocycles. The number of hydrogen-bond acceptors (Lipinski definition) is 5. The van der Waals surface area contributed by atoms with E-state index >= 15 is 0 Å². The normalized spacial score (nSPS) is 17.7. The zero-order valence-electron chi connectivity index (χ0n) is 18.7. The number of piperidine rings is 1. The second kappa shape index (κ2) is 9.49. The third-order valence-electron chi connectivity index (χ3n) is 6.31. The van der Waals surface area contributed by atoms with Crippen LogP contribution < -0.4 is 14.2 Å². The standard InChI is InChI=1S/C26H29NO5/c1-30-22-14-13-21(24(31-2)25(22)32-3)23(27-15-7-10-18(16-27)26(28)29)20-12-6-9-17-8-4-5-11-19(17)20/h4-6,8-9,11-14,18,23H,7,10,15-16H2,1-3H3,(H,28,29). The lowest BCUT2D eigenvalue weighted by Crippen LogP contribution is -2.41. The Hall–Kier alpha value is -3.25. The second-order valence-corrected chi connectivity index (χ2v) is 8.07. The lowest BCUT2D eigenvalue weighted by Gasteiger charge is -2.38. The summed E-state index contributed by atoms with van der Waals surface area (Å²) in [6.07, 6.45) is 1.52. The summed E-state index contributed by atoms with van der Waals surface area (Å²) in [5, 5.41) is 12.0. The number of ether oxygens (including phenoxy) is 3. The molecule has 0 aliphatic carbocycles. The summed E-state index contributed by atoms with van der Waals surface area (Å²) in [4.78, 5) is 14.1. The Balaban J connectivity index is 1.94. The molecule has 0 radical (unpaired) electrons. The van der Waals surface area contributed by atoms with Gasteiger partial charge >= 0.3 is 5.97 Å². The summed E-state index contributed by atoms with van der Waals surface area (Å²) in [5.41, 5.74) is 2.03. The molecule has 3 aromatic rings. The van der Waals surface area contributed by atoms with Crippen molar-refractivity contribution in [2.24, 2.45) is 5.92 Å². The molecule has 2 atom stereocenters. The van der Waals surface area contributed by atoms with Gasteiger partial charge in [-0.3, -0.25) is 9.69 Å². The van der Waals surface area contributed by atoms with Crippen molar-refractivity contribution in [1.29, 1.82) is 0 Å². The lowest BCUT2D eigenvalue weighted by molar-refractivity contribution is -0.143. The summed E-state index contributed by atoms with van der Waals surface area (Å²) < 4.78 is 17.0. The first-order valence-corrected chi connectivity index (χ1v) is 10.8. The van der Waals surface area contributed by atoms with E-state index in [0.29, 0.717) is 30.2 Å². The predicted octanol–water partition coefficient (Wildman–Crippen LogP) is 4.75. The number of aliphatic carboxylic acids is 1. The van der Waals surface area contributed by atoms with Crippen LogP contribution in [0.5, 0.6) is 17.2 Å². The van der Waals surface area contributed by atoms with Gasteiger partial charge in [0.15, 0.2) is 11.5 Å². The zero-order chi connectivity index (χ0) is 22.7. The minimum absolute atomic E-state index is 0.196. The molecule has 6 heteroatoms. The number of likely N-dealkylation sites (tertiary alicyclic amines) is 1. The van der Waals surface area contributed by atoms with Crippen molar-refractivity contribution in [1.82, 2.24) is 4.90 Å². The molecule has 1 N–H and O–H groups in total. The topological polar surface area (TPSA) is 68.2 Å². The van der Waals surface area contributed by atoms with Crippen molar-refractivity contribution in [3.05, 3.63) is 65.7 Å². The first-order chi connectivity index (χ1) is 15.6. The summed E-state index contributed by atoms with van der Waals surface area (Å²) >= 11 is 0. The van der Waals surface area contributed by atoms with Gasteiger partial charge in [-0.05, 0) is 47.9 Å². The molecule has 0 amide bonds. The molecule has 32 heavy (non-hydrogen) atoms. The van der Waals surface area contributed by atoms with Gasteiger partial charge in [-0.1, -0.05) is 42.5 Å². The maximum Gasteiger partial charge on any atom is 0.307 e. The molecule has 6 nitrogen and oxygen atoms in total. The van der Waals surface area contributed by atoms with Crippen LogP contribution in [-0.4, -0.2) is 50.4 Å². The summed E-state index contributed by atoms with van der Waals surface area (Å²) in [6, 6.07) is 18.2. The van der Waals surface area contributed by atoms with Gasteiger partial charge in [0.05, 0.1) is 33.3 Å². The fourth-order valence-corrected chi connectivity index (χ4v) is 4.83. The van der Waals surface area contributed by atoms with E-state index in [0.717, 1.165) is 34.9 Å². The van der Waals surface area contributed by atoms with E-state index in [1.807, 2.05) is 24.3 Å². The molecular formula is C26H29NO5. The predicted molar refractivity (Wildman–Crippen MR) is 124 cm³/mol. The van der Waals surface area contributed by atoms with E-state index in [2.05, 4.69) is 35.2 Å². The smallest absolute Gasteiger partial charge is 0.307 e. The molecule has 168 valence electrons. The summed E-state index contributed by atoms with van der Waals surface area (Å²) in [5.74, 6) is 0.580. The van der Waals surface area contributed by atoms with Crippen LogP contribution in [0.2, 0.25) is 0 Å². The average Bonchev–Trinajstić information content (AvgIpc) is 2.84. The Bertz CT molecular complexity index is 1110. The largest absolute Gasteiger partial charge is 0.493 e. The van der Waals surface area contributed by atoms with Crippen molar-refractivity contribution < 1.29 is 24.1 Å². The van der Waals surface area contributed by atoms with Crippen molar-refractivity contribution in [3.63, 3.8) is 0 Å². The number of benzene rings is 3. The minimum Gasteiger partial charge on any atom is -0.493 e. The van der Waals surface area contributed by atoms with Crippen LogP contribution in [0.1, 0.15) is 30.0 Å². The molecule has 1 aliphatic rings. The van der Waals surface area contributed by atoms with E-state index in [1.165, 1.54) is 0 Å². The molecule has 0 aromatic heterocycles. The highest BCUT2D eigenvalue weighted by Gasteiger charge is 2.34. The number of carboxylic acid groups (broad SMARTS) is 1. The van der Waals surface area contributed by atoms with Crippen LogP contribution in [0.25, 0.3) is 10.8 Å². The molecule has 1 fully saturated rings. The van der Waals surface area contributed by atoms with E-state index in [4.69, 9.17) is 14.2 Å². The van der Waals surface area contributed by atoms with Crippen LogP contribution in [0.4, 0.5) is 0 Å². The number of methoxy groups -OCH3 is 3. The van der Waals surface area contributed by atoms with Gasteiger partial charge in [-0.25, -0.2) is 0 Å². The van der Waals surface area contributed by atoms with E-state index < -0.39 is 11.9 Å². The molecule has 2 unspecified atom stereocenters. The number of nitrogens with zero attached hydrogens (tertiary/aromatic N) is 1. The Morgan fingerprint density at radius 1 is 0.938 bits per heavy atom. The Morgan fingerprint density at radius 3 is 2.41 bits per heavy atom. The van der Waals surface area contributed by atoms with Gasteiger partial charge in [0.25, 0.3) is 0 Å². The van der Waals surface area contributed by atoms with Crippen molar-refractivity contribution in [2.75, 3.05) is 34.4 Å². The summed E-state index contributed by atoms with van der Waals surface area (Å²) in [6.45, 7) is 1.27. The van der Waals surface area contributed by atoms with Crippen LogP contribution in [0, 0.1) is 5.92 Å². The van der Waals surface area contributed by atoms with E-state index in [-0.39, 0.29) is 6.04 Å². The number of carbonyl (C=O) groups is 1. The number of carboxylic acids is 1.